The predicted octanol–water partition coefficient (Wildman–Crippen LogP) is 4.41. The summed E-state index contributed by atoms with van der Waals surface area (Å²) in [6.07, 6.45) is 2.78. The van der Waals surface area contributed by atoms with E-state index < -0.39 is 5.97 Å². The first kappa shape index (κ1) is 13.9. The third-order valence-corrected chi connectivity index (χ3v) is 3.94. The number of nitrogens with zero attached hydrogens (tertiary/aromatic N) is 1. The number of carbonyl (C=O) groups is 1. The molecular formula is C15H10ClNO3S. The summed E-state index contributed by atoms with van der Waals surface area (Å²) in [6, 6.07) is 9.00. The standard InChI is InChI=1S/C15H10ClNO3S/c16-12-3-1-10(2-4-12)14-17-13(9-21-14)8-20-15(18)11-5-6-19-7-11/h1-7,9H,8H2. The van der Waals surface area contributed by atoms with Crippen LogP contribution in [-0.2, 0) is 11.3 Å². The average Bonchev–Trinajstić information content (AvgIpc) is 3.17. The van der Waals surface area contributed by atoms with Crippen LogP contribution >= 0.6 is 22.9 Å². The lowest BCUT2D eigenvalue weighted by Crippen LogP contribution is -2.04. The Morgan fingerprint density at radius 3 is 2.81 bits per heavy atom. The fourth-order valence-electron chi connectivity index (χ4n) is 1.70. The Morgan fingerprint density at radius 2 is 2.10 bits per heavy atom. The molecule has 21 heavy (non-hydrogen) atoms. The van der Waals surface area contributed by atoms with Crippen LogP contribution in [-0.4, -0.2) is 11.0 Å². The minimum atomic E-state index is -0.426. The summed E-state index contributed by atoms with van der Waals surface area (Å²) in [5.41, 5.74) is 2.08. The van der Waals surface area contributed by atoms with E-state index in [9.17, 15) is 4.79 Å². The van der Waals surface area contributed by atoms with Crippen LogP contribution in [0.2, 0.25) is 5.02 Å². The van der Waals surface area contributed by atoms with Crippen LogP contribution in [0, 0.1) is 0 Å². The SMILES string of the molecule is O=C(OCc1csc(-c2ccc(Cl)cc2)n1)c1ccoc1. The normalized spacial score (nSPS) is 10.5. The van der Waals surface area contributed by atoms with E-state index in [4.69, 9.17) is 20.8 Å². The Bertz CT molecular complexity index is 735. The molecule has 1 aromatic carbocycles. The lowest BCUT2D eigenvalue weighted by Gasteiger charge is -2.00. The van der Waals surface area contributed by atoms with Crippen LogP contribution in [0.3, 0.4) is 0 Å². The van der Waals surface area contributed by atoms with Crippen LogP contribution in [0.5, 0.6) is 0 Å². The van der Waals surface area contributed by atoms with Gasteiger partial charge in [0, 0.05) is 16.0 Å². The Balaban J connectivity index is 1.65. The Hall–Kier alpha value is -2.11. The molecule has 0 amide bonds. The molecule has 0 saturated carbocycles. The molecule has 0 fully saturated rings. The minimum Gasteiger partial charge on any atom is -0.472 e. The van der Waals surface area contributed by atoms with Crippen LogP contribution in [0.25, 0.3) is 10.6 Å². The molecule has 0 unspecified atom stereocenters. The lowest BCUT2D eigenvalue weighted by molar-refractivity contribution is 0.0467. The lowest BCUT2D eigenvalue weighted by atomic mass is 10.2. The number of aromatic nitrogens is 1. The molecule has 0 aliphatic carbocycles. The smallest absolute Gasteiger partial charge is 0.341 e. The molecule has 0 bridgehead atoms. The monoisotopic (exact) mass is 319 g/mol. The van der Waals surface area contributed by atoms with Crippen LogP contribution in [0.1, 0.15) is 16.1 Å². The second-order valence-corrected chi connectivity index (χ2v) is 5.53. The fourth-order valence-corrected chi connectivity index (χ4v) is 2.64. The molecule has 0 aliphatic rings. The first-order valence-corrected chi connectivity index (χ1v) is 7.38. The van der Waals surface area contributed by atoms with Gasteiger partial charge >= 0.3 is 5.97 Å². The first-order valence-electron chi connectivity index (χ1n) is 6.12. The van der Waals surface area contributed by atoms with Gasteiger partial charge in [-0.3, -0.25) is 0 Å². The quantitative estimate of drug-likeness (QED) is 0.668. The van der Waals surface area contributed by atoms with Gasteiger partial charge in [0.15, 0.2) is 0 Å². The zero-order valence-corrected chi connectivity index (χ0v) is 12.4. The first-order chi connectivity index (χ1) is 10.2. The van der Waals surface area contributed by atoms with Crippen molar-refractivity contribution < 1.29 is 13.9 Å². The molecule has 2 heterocycles. The molecule has 0 spiro atoms. The molecule has 106 valence electrons. The highest BCUT2D eigenvalue weighted by Gasteiger charge is 2.10. The van der Waals surface area contributed by atoms with Gasteiger partial charge in [0.25, 0.3) is 0 Å². The third kappa shape index (κ3) is 3.32. The number of ether oxygens (including phenoxy) is 1. The van der Waals surface area contributed by atoms with Crippen molar-refractivity contribution in [3.8, 4) is 10.6 Å². The summed E-state index contributed by atoms with van der Waals surface area (Å²) in [5, 5.41) is 3.41. The molecule has 2 aromatic heterocycles. The van der Waals surface area contributed by atoms with Gasteiger partial charge in [0.05, 0.1) is 17.5 Å². The summed E-state index contributed by atoms with van der Waals surface area (Å²) in [5.74, 6) is -0.426. The molecular weight excluding hydrogens is 310 g/mol. The van der Waals surface area contributed by atoms with Gasteiger partial charge in [-0.1, -0.05) is 23.7 Å². The summed E-state index contributed by atoms with van der Waals surface area (Å²) >= 11 is 7.35. The highest BCUT2D eigenvalue weighted by Crippen LogP contribution is 2.25. The maximum absolute atomic E-state index is 11.7. The summed E-state index contributed by atoms with van der Waals surface area (Å²) in [6.45, 7) is 0.133. The van der Waals surface area contributed by atoms with Crippen molar-refractivity contribution in [2.45, 2.75) is 6.61 Å². The number of esters is 1. The van der Waals surface area contributed by atoms with Gasteiger partial charge in [0.2, 0.25) is 0 Å². The van der Waals surface area contributed by atoms with Crippen molar-refractivity contribution in [2.24, 2.45) is 0 Å². The van der Waals surface area contributed by atoms with Gasteiger partial charge in [0.1, 0.15) is 17.9 Å². The molecule has 4 nitrogen and oxygen atoms in total. The van der Waals surface area contributed by atoms with E-state index in [2.05, 4.69) is 4.98 Å². The maximum Gasteiger partial charge on any atom is 0.341 e. The third-order valence-electron chi connectivity index (χ3n) is 2.75. The Morgan fingerprint density at radius 1 is 1.29 bits per heavy atom. The number of furan rings is 1. The van der Waals surface area contributed by atoms with E-state index in [1.807, 2.05) is 29.6 Å². The van der Waals surface area contributed by atoms with Gasteiger partial charge in [-0.05, 0) is 18.2 Å². The van der Waals surface area contributed by atoms with Gasteiger partial charge in [-0.15, -0.1) is 11.3 Å². The topological polar surface area (TPSA) is 52.3 Å². The minimum absolute atomic E-state index is 0.133. The largest absolute Gasteiger partial charge is 0.472 e. The Labute approximate surface area is 130 Å². The van der Waals surface area contributed by atoms with Crippen molar-refractivity contribution in [3.63, 3.8) is 0 Å². The van der Waals surface area contributed by atoms with Crippen molar-refractivity contribution >= 4 is 28.9 Å². The Kier molecular flexibility index (Phi) is 4.03. The molecule has 0 radical (unpaired) electrons. The van der Waals surface area contributed by atoms with E-state index in [1.54, 1.807) is 6.07 Å². The van der Waals surface area contributed by atoms with Gasteiger partial charge < -0.3 is 9.15 Å². The van der Waals surface area contributed by atoms with Gasteiger partial charge in [-0.2, -0.15) is 0 Å². The number of hydrogen-bond acceptors (Lipinski definition) is 5. The molecule has 0 aliphatic heterocycles. The molecule has 3 rings (SSSR count). The number of benzene rings is 1. The average molecular weight is 320 g/mol. The zero-order valence-electron chi connectivity index (χ0n) is 10.8. The molecule has 0 N–H and O–H groups in total. The molecule has 3 aromatic rings. The van der Waals surface area contributed by atoms with Crippen LogP contribution in [0.15, 0.2) is 52.7 Å². The summed E-state index contributed by atoms with van der Waals surface area (Å²) in [4.78, 5) is 16.1. The number of halogens is 1. The van der Waals surface area contributed by atoms with Crippen molar-refractivity contribution in [2.75, 3.05) is 0 Å². The molecule has 6 heteroatoms. The number of carbonyl (C=O) groups excluding carboxylic acids is 1. The van der Waals surface area contributed by atoms with Crippen molar-refractivity contribution in [1.29, 1.82) is 0 Å². The van der Waals surface area contributed by atoms with Crippen molar-refractivity contribution in [1.82, 2.24) is 4.98 Å². The fraction of sp³-hybridized carbons (Fsp3) is 0.0667. The number of thiazole rings is 1. The maximum atomic E-state index is 11.7. The second kappa shape index (κ2) is 6.11. The summed E-state index contributed by atoms with van der Waals surface area (Å²) < 4.78 is 10.00. The van der Waals surface area contributed by atoms with E-state index >= 15 is 0 Å². The van der Waals surface area contributed by atoms with E-state index in [-0.39, 0.29) is 6.61 Å². The zero-order chi connectivity index (χ0) is 14.7. The van der Waals surface area contributed by atoms with Crippen molar-refractivity contribution in [3.05, 3.63) is 64.5 Å². The number of hydrogen-bond donors (Lipinski definition) is 0. The highest BCUT2D eigenvalue weighted by atomic mass is 35.5. The van der Waals surface area contributed by atoms with Crippen LogP contribution < -0.4 is 0 Å². The van der Waals surface area contributed by atoms with Crippen LogP contribution in [0.4, 0.5) is 0 Å². The second-order valence-electron chi connectivity index (χ2n) is 4.24. The van der Waals surface area contributed by atoms with E-state index in [1.165, 1.54) is 23.9 Å². The van der Waals surface area contributed by atoms with Gasteiger partial charge in [-0.25, -0.2) is 9.78 Å². The number of rotatable bonds is 4. The molecule has 0 atom stereocenters. The van der Waals surface area contributed by atoms with E-state index in [0.29, 0.717) is 16.3 Å². The van der Waals surface area contributed by atoms with E-state index in [0.717, 1.165) is 10.6 Å². The molecule has 0 saturated heterocycles. The summed E-state index contributed by atoms with van der Waals surface area (Å²) in [7, 11) is 0. The highest BCUT2D eigenvalue weighted by molar-refractivity contribution is 7.13. The predicted molar refractivity (Wildman–Crippen MR) is 80.4 cm³/mol.